The lowest BCUT2D eigenvalue weighted by Crippen LogP contribution is -2.19. The van der Waals surface area contributed by atoms with E-state index in [2.05, 4.69) is 39.2 Å². The van der Waals surface area contributed by atoms with Gasteiger partial charge in [-0.25, -0.2) is 4.39 Å². The zero-order chi connectivity index (χ0) is 14.8. The van der Waals surface area contributed by atoms with Crippen LogP contribution < -0.4 is 5.32 Å². The van der Waals surface area contributed by atoms with Crippen LogP contribution >= 0.6 is 27.3 Å². The van der Waals surface area contributed by atoms with Gasteiger partial charge in [0.25, 0.3) is 0 Å². The molecule has 1 aromatic carbocycles. The predicted molar refractivity (Wildman–Crippen MR) is 89.0 cm³/mol. The molecule has 2 nitrogen and oxygen atoms in total. The number of thiophene rings is 1. The van der Waals surface area contributed by atoms with Gasteiger partial charge in [0, 0.05) is 28.8 Å². The number of benzene rings is 1. The van der Waals surface area contributed by atoms with Gasteiger partial charge in [-0.2, -0.15) is 0 Å². The topological polar surface area (TPSA) is 24.9 Å². The Morgan fingerprint density at radius 3 is 3.05 bits per heavy atom. The normalized spacial score (nSPS) is 12.7. The van der Waals surface area contributed by atoms with Crippen molar-refractivity contribution in [1.82, 2.24) is 10.3 Å². The first kappa shape index (κ1) is 14.6. The summed E-state index contributed by atoms with van der Waals surface area (Å²) >= 11 is 5.05. The van der Waals surface area contributed by atoms with Crippen molar-refractivity contribution in [2.24, 2.45) is 0 Å². The van der Waals surface area contributed by atoms with E-state index in [9.17, 15) is 4.39 Å². The van der Waals surface area contributed by atoms with Crippen LogP contribution in [0.2, 0.25) is 0 Å². The van der Waals surface area contributed by atoms with Gasteiger partial charge in [-0.3, -0.25) is 4.98 Å². The molecule has 0 fully saturated rings. The van der Waals surface area contributed by atoms with Crippen molar-refractivity contribution in [3.05, 3.63) is 63.3 Å². The molecule has 0 aliphatic rings. The van der Waals surface area contributed by atoms with Crippen LogP contribution in [-0.2, 0) is 6.54 Å². The standard InChI is InChI=1S/C16H14BrFN2S/c1-10(11-7-16-15(20-8-11)4-5-21-16)19-9-12-6-13(17)2-3-14(12)18/h2-8,10,19H,9H2,1H3. The van der Waals surface area contributed by atoms with Crippen molar-refractivity contribution in [3.63, 3.8) is 0 Å². The number of nitrogens with one attached hydrogen (secondary N) is 1. The summed E-state index contributed by atoms with van der Waals surface area (Å²) in [6.07, 6.45) is 1.88. The Bertz CT molecular complexity index is 772. The highest BCUT2D eigenvalue weighted by atomic mass is 79.9. The van der Waals surface area contributed by atoms with Crippen LogP contribution in [0.1, 0.15) is 24.1 Å². The first-order valence-corrected chi connectivity index (χ1v) is 8.31. The minimum Gasteiger partial charge on any atom is -0.306 e. The Labute approximate surface area is 135 Å². The molecule has 1 atom stereocenters. The fourth-order valence-corrected chi connectivity index (χ4v) is 3.36. The molecule has 5 heteroatoms. The minimum absolute atomic E-state index is 0.113. The third-order valence-electron chi connectivity index (χ3n) is 3.43. The molecule has 0 aliphatic carbocycles. The van der Waals surface area contributed by atoms with Crippen molar-refractivity contribution >= 4 is 37.5 Å². The highest BCUT2D eigenvalue weighted by Crippen LogP contribution is 2.23. The number of hydrogen-bond donors (Lipinski definition) is 1. The maximum atomic E-state index is 13.7. The second-order valence-corrected chi connectivity index (χ2v) is 6.77. The number of hydrogen-bond acceptors (Lipinski definition) is 3. The van der Waals surface area contributed by atoms with Crippen LogP contribution in [0.5, 0.6) is 0 Å². The molecule has 1 N–H and O–H groups in total. The minimum atomic E-state index is -0.190. The molecular formula is C16H14BrFN2S. The molecule has 1 unspecified atom stereocenters. The van der Waals surface area contributed by atoms with E-state index in [0.717, 1.165) is 15.6 Å². The Balaban J connectivity index is 1.73. The Hall–Kier alpha value is -1.30. The van der Waals surface area contributed by atoms with Crippen LogP contribution in [-0.4, -0.2) is 4.98 Å². The number of fused-ring (bicyclic) bond motifs is 1. The smallest absolute Gasteiger partial charge is 0.127 e. The Morgan fingerprint density at radius 2 is 2.19 bits per heavy atom. The van der Waals surface area contributed by atoms with E-state index in [0.29, 0.717) is 12.1 Å². The number of pyridine rings is 1. The van der Waals surface area contributed by atoms with Crippen molar-refractivity contribution in [2.75, 3.05) is 0 Å². The van der Waals surface area contributed by atoms with Gasteiger partial charge in [0.05, 0.1) is 10.2 Å². The van der Waals surface area contributed by atoms with E-state index in [1.807, 2.05) is 17.6 Å². The highest BCUT2D eigenvalue weighted by Gasteiger charge is 2.09. The van der Waals surface area contributed by atoms with Gasteiger partial charge in [0.1, 0.15) is 5.82 Å². The lowest BCUT2D eigenvalue weighted by molar-refractivity contribution is 0.543. The zero-order valence-electron chi connectivity index (χ0n) is 11.4. The average molecular weight is 365 g/mol. The molecule has 3 rings (SSSR count). The summed E-state index contributed by atoms with van der Waals surface area (Å²) in [6.45, 7) is 2.54. The summed E-state index contributed by atoms with van der Waals surface area (Å²) in [5.41, 5.74) is 2.79. The predicted octanol–water partition coefficient (Wildman–Crippen LogP) is 5.05. The summed E-state index contributed by atoms with van der Waals surface area (Å²) in [7, 11) is 0. The second-order valence-electron chi connectivity index (χ2n) is 4.91. The van der Waals surface area contributed by atoms with Crippen LogP contribution in [0.3, 0.4) is 0 Å². The monoisotopic (exact) mass is 364 g/mol. The summed E-state index contributed by atoms with van der Waals surface area (Å²) < 4.78 is 15.8. The second kappa shape index (κ2) is 6.22. The van der Waals surface area contributed by atoms with E-state index >= 15 is 0 Å². The first-order valence-electron chi connectivity index (χ1n) is 6.64. The lowest BCUT2D eigenvalue weighted by atomic mass is 10.1. The quantitative estimate of drug-likeness (QED) is 0.700. The number of aromatic nitrogens is 1. The molecule has 108 valence electrons. The van der Waals surface area contributed by atoms with Crippen molar-refractivity contribution in [3.8, 4) is 0 Å². The lowest BCUT2D eigenvalue weighted by Gasteiger charge is -2.14. The molecule has 3 aromatic rings. The van der Waals surface area contributed by atoms with Crippen LogP contribution in [0, 0.1) is 5.82 Å². The van der Waals surface area contributed by atoms with Gasteiger partial charge in [-0.1, -0.05) is 15.9 Å². The summed E-state index contributed by atoms with van der Waals surface area (Å²) in [5.74, 6) is -0.190. The summed E-state index contributed by atoms with van der Waals surface area (Å²) in [4.78, 5) is 4.44. The summed E-state index contributed by atoms with van der Waals surface area (Å²) in [5, 5.41) is 5.38. The third kappa shape index (κ3) is 3.31. The SMILES string of the molecule is CC(NCc1cc(Br)ccc1F)c1cnc2ccsc2c1. The van der Waals surface area contributed by atoms with E-state index in [1.54, 1.807) is 23.5 Å². The molecule has 0 amide bonds. The number of halogens is 2. The van der Waals surface area contributed by atoms with Crippen LogP contribution in [0.15, 0.2) is 46.4 Å². The van der Waals surface area contributed by atoms with E-state index in [4.69, 9.17) is 0 Å². The fourth-order valence-electron chi connectivity index (χ4n) is 2.16. The van der Waals surface area contributed by atoms with Crippen molar-refractivity contribution in [1.29, 1.82) is 0 Å². The highest BCUT2D eigenvalue weighted by molar-refractivity contribution is 9.10. The molecule has 2 heterocycles. The first-order chi connectivity index (χ1) is 10.1. The fraction of sp³-hybridized carbons (Fsp3) is 0.188. The van der Waals surface area contributed by atoms with E-state index in [-0.39, 0.29) is 11.9 Å². The summed E-state index contributed by atoms with van der Waals surface area (Å²) in [6, 6.07) is 9.25. The van der Waals surface area contributed by atoms with Gasteiger partial charge >= 0.3 is 0 Å². The Kier molecular flexibility index (Phi) is 4.33. The molecule has 2 aromatic heterocycles. The van der Waals surface area contributed by atoms with Crippen molar-refractivity contribution in [2.45, 2.75) is 19.5 Å². The zero-order valence-corrected chi connectivity index (χ0v) is 13.8. The molecule has 0 saturated carbocycles. The maximum absolute atomic E-state index is 13.7. The number of nitrogens with zero attached hydrogens (tertiary/aromatic N) is 1. The number of rotatable bonds is 4. The molecule has 0 saturated heterocycles. The van der Waals surface area contributed by atoms with Gasteiger partial charge < -0.3 is 5.32 Å². The van der Waals surface area contributed by atoms with Crippen molar-refractivity contribution < 1.29 is 4.39 Å². The molecule has 0 bridgehead atoms. The van der Waals surface area contributed by atoms with E-state index < -0.39 is 0 Å². The Morgan fingerprint density at radius 1 is 1.33 bits per heavy atom. The molecule has 0 spiro atoms. The van der Waals surface area contributed by atoms with Gasteiger partial charge in [-0.05, 0) is 48.2 Å². The van der Waals surface area contributed by atoms with Gasteiger partial charge in [0.2, 0.25) is 0 Å². The van der Waals surface area contributed by atoms with Gasteiger partial charge in [0.15, 0.2) is 0 Å². The maximum Gasteiger partial charge on any atom is 0.127 e. The molecule has 0 aliphatic heterocycles. The van der Waals surface area contributed by atoms with Gasteiger partial charge in [-0.15, -0.1) is 11.3 Å². The largest absolute Gasteiger partial charge is 0.306 e. The molecular weight excluding hydrogens is 351 g/mol. The van der Waals surface area contributed by atoms with Crippen LogP contribution in [0.4, 0.5) is 4.39 Å². The average Bonchev–Trinajstić information content (AvgIpc) is 2.95. The molecule has 21 heavy (non-hydrogen) atoms. The third-order valence-corrected chi connectivity index (χ3v) is 4.78. The molecule has 0 radical (unpaired) electrons. The van der Waals surface area contributed by atoms with E-state index in [1.165, 1.54) is 10.8 Å². The van der Waals surface area contributed by atoms with Crippen LogP contribution in [0.25, 0.3) is 10.2 Å².